The van der Waals surface area contributed by atoms with Gasteiger partial charge in [0.1, 0.15) is 11.5 Å². The summed E-state index contributed by atoms with van der Waals surface area (Å²) in [5, 5.41) is 3.04. The van der Waals surface area contributed by atoms with E-state index in [4.69, 9.17) is 0 Å². The molecular formula is C14H16N4O. The number of nitrogens with one attached hydrogen (secondary N) is 1. The third-order valence-electron chi connectivity index (χ3n) is 3.35. The summed E-state index contributed by atoms with van der Waals surface area (Å²) < 4.78 is 2.13. The predicted molar refractivity (Wildman–Crippen MR) is 70.8 cm³/mol. The van der Waals surface area contributed by atoms with Crippen LogP contribution in [0.5, 0.6) is 0 Å². The van der Waals surface area contributed by atoms with Gasteiger partial charge in [0.25, 0.3) is 5.91 Å². The fourth-order valence-electron chi connectivity index (χ4n) is 2.46. The topological polar surface area (TPSA) is 59.8 Å². The number of imidazole rings is 1. The van der Waals surface area contributed by atoms with E-state index < -0.39 is 0 Å². The van der Waals surface area contributed by atoms with Gasteiger partial charge in [-0.05, 0) is 25.5 Å². The molecule has 0 fully saturated rings. The van der Waals surface area contributed by atoms with Gasteiger partial charge < -0.3 is 9.88 Å². The normalized spacial score (nSPS) is 17.8. The summed E-state index contributed by atoms with van der Waals surface area (Å²) in [6.45, 7) is 2.78. The summed E-state index contributed by atoms with van der Waals surface area (Å²) in [5.74, 6) is 1.01. The van der Waals surface area contributed by atoms with Gasteiger partial charge >= 0.3 is 0 Å². The minimum atomic E-state index is -0.106. The highest BCUT2D eigenvalue weighted by Gasteiger charge is 2.21. The van der Waals surface area contributed by atoms with Gasteiger partial charge in [0, 0.05) is 31.4 Å². The van der Waals surface area contributed by atoms with Crippen LogP contribution in [-0.4, -0.2) is 26.5 Å². The van der Waals surface area contributed by atoms with E-state index in [-0.39, 0.29) is 11.9 Å². The van der Waals surface area contributed by atoms with Crippen LogP contribution in [0.15, 0.2) is 30.6 Å². The molecule has 0 aliphatic carbocycles. The average molecular weight is 256 g/mol. The maximum atomic E-state index is 12.0. The van der Waals surface area contributed by atoms with Crippen molar-refractivity contribution in [2.75, 3.05) is 0 Å². The molecule has 3 rings (SSSR count). The maximum Gasteiger partial charge on any atom is 0.270 e. The third-order valence-corrected chi connectivity index (χ3v) is 3.35. The number of nitrogens with zero attached hydrogens (tertiary/aromatic N) is 3. The van der Waals surface area contributed by atoms with Gasteiger partial charge in [-0.15, -0.1) is 0 Å². The van der Waals surface area contributed by atoms with Gasteiger partial charge in [-0.2, -0.15) is 0 Å². The number of fused-ring (bicyclic) bond motifs is 1. The van der Waals surface area contributed by atoms with Gasteiger partial charge in [-0.3, -0.25) is 9.78 Å². The molecule has 5 nitrogen and oxygen atoms in total. The highest BCUT2D eigenvalue weighted by molar-refractivity contribution is 5.92. The standard InChI is InChI=1S/C14H16N4O/c1-10-8-18-9-11(5-6-13(18)16-10)17-14(19)12-4-2-3-7-15-12/h2-4,7-8,11H,5-6,9H2,1H3,(H,17,19)/t11-/m1/s1. The molecule has 19 heavy (non-hydrogen) atoms. The zero-order chi connectivity index (χ0) is 13.2. The number of pyridine rings is 1. The number of aryl methyl sites for hydroxylation is 2. The second-order valence-corrected chi connectivity index (χ2v) is 4.87. The summed E-state index contributed by atoms with van der Waals surface area (Å²) >= 11 is 0. The number of aromatic nitrogens is 3. The lowest BCUT2D eigenvalue weighted by atomic mass is 10.1. The van der Waals surface area contributed by atoms with E-state index in [2.05, 4.69) is 19.9 Å². The molecule has 1 aliphatic heterocycles. The van der Waals surface area contributed by atoms with Crippen molar-refractivity contribution in [3.8, 4) is 0 Å². The monoisotopic (exact) mass is 256 g/mol. The molecule has 1 atom stereocenters. The van der Waals surface area contributed by atoms with Crippen LogP contribution in [-0.2, 0) is 13.0 Å². The van der Waals surface area contributed by atoms with Crippen LogP contribution in [0.25, 0.3) is 0 Å². The fourth-order valence-corrected chi connectivity index (χ4v) is 2.46. The zero-order valence-electron chi connectivity index (χ0n) is 10.8. The summed E-state index contributed by atoms with van der Waals surface area (Å²) in [6, 6.07) is 5.50. The molecule has 5 heteroatoms. The molecule has 0 aromatic carbocycles. The summed E-state index contributed by atoms with van der Waals surface area (Å²) in [4.78, 5) is 20.6. The molecule has 0 bridgehead atoms. The van der Waals surface area contributed by atoms with Crippen molar-refractivity contribution >= 4 is 5.91 Å². The van der Waals surface area contributed by atoms with E-state index in [0.717, 1.165) is 30.9 Å². The molecular weight excluding hydrogens is 240 g/mol. The highest BCUT2D eigenvalue weighted by Crippen LogP contribution is 2.15. The van der Waals surface area contributed by atoms with E-state index in [1.165, 1.54) is 0 Å². The third kappa shape index (κ3) is 2.50. The van der Waals surface area contributed by atoms with Gasteiger partial charge in [-0.25, -0.2) is 4.98 Å². The zero-order valence-corrected chi connectivity index (χ0v) is 10.8. The molecule has 1 aliphatic rings. The number of rotatable bonds is 2. The number of hydrogen-bond acceptors (Lipinski definition) is 3. The van der Waals surface area contributed by atoms with Gasteiger partial charge in [0.05, 0.1) is 5.69 Å². The van der Waals surface area contributed by atoms with Crippen molar-refractivity contribution in [3.05, 3.63) is 47.8 Å². The van der Waals surface area contributed by atoms with Crippen LogP contribution < -0.4 is 5.32 Å². The highest BCUT2D eigenvalue weighted by atomic mass is 16.1. The number of carbonyl (C=O) groups excluding carboxylic acids is 1. The summed E-state index contributed by atoms with van der Waals surface area (Å²) in [7, 11) is 0. The van der Waals surface area contributed by atoms with E-state index in [1.54, 1.807) is 18.3 Å². The summed E-state index contributed by atoms with van der Waals surface area (Å²) in [5.41, 5.74) is 1.50. The second kappa shape index (κ2) is 4.84. The smallest absolute Gasteiger partial charge is 0.270 e. The first-order valence-electron chi connectivity index (χ1n) is 6.47. The van der Waals surface area contributed by atoms with Crippen molar-refractivity contribution in [1.82, 2.24) is 19.9 Å². The van der Waals surface area contributed by atoms with Crippen molar-refractivity contribution in [2.45, 2.75) is 32.4 Å². The van der Waals surface area contributed by atoms with E-state index in [1.807, 2.05) is 19.2 Å². The van der Waals surface area contributed by atoms with Crippen molar-refractivity contribution in [1.29, 1.82) is 0 Å². The molecule has 0 saturated carbocycles. The number of amides is 1. The Morgan fingerprint density at radius 3 is 3.16 bits per heavy atom. The molecule has 98 valence electrons. The maximum absolute atomic E-state index is 12.0. The second-order valence-electron chi connectivity index (χ2n) is 4.87. The Hall–Kier alpha value is -2.17. The van der Waals surface area contributed by atoms with Crippen LogP contribution in [0.2, 0.25) is 0 Å². The quantitative estimate of drug-likeness (QED) is 0.882. The molecule has 1 amide bonds. The Morgan fingerprint density at radius 1 is 1.47 bits per heavy atom. The number of carbonyl (C=O) groups is 1. The van der Waals surface area contributed by atoms with Crippen molar-refractivity contribution in [2.24, 2.45) is 0 Å². The van der Waals surface area contributed by atoms with E-state index in [9.17, 15) is 4.79 Å². The van der Waals surface area contributed by atoms with Crippen LogP contribution in [0.4, 0.5) is 0 Å². The molecule has 2 aromatic heterocycles. The first kappa shape index (κ1) is 11.9. The molecule has 1 N–H and O–H groups in total. The van der Waals surface area contributed by atoms with Gasteiger partial charge in [0.2, 0.25) is 0 Å². The van der Waals surface area contributed by atoms with Crippen molar-refractivity contribution < 1.29 is 4.79 Å². The van der Waals surface area contributed by atoms with Gasteiger partial charge in [0.15, 0.2) is 0 Å². The molecule has 3 heterocycles. The van der Waals surface area contributed by atoms with Crippen LogP contribution in [0.1, 0.15) is 28.4 Å². The molecule has 0 spiro atoms. The van der Waals surface area contributed by atoms with Crippen LogP contribution >= 0.6 is 0 Å². The van der Waals surface area contributed by atoms with Crippen LogP contribution in [0.3, 0.4) is 0 Å². The minimum absolute atomic E-state index is 0.106. The van der Waals surface area contributed by atoms with Crippen molar-refractivity contribution in [3.63, 3.8) is 0 Å². The van der Waals surface area contributed by atoms with E-state index in [0.29, 0.717) is 5.69 Å². The first-order valence-corrected chi connectivity index (χ1v) is 6.47. The fraction of sp³-hybridized carbons (Fsp3) is 0.357. The average Bonchev–Trinajstić information content (AvgIpc) is 2.79. The predicted octanol–water partition coefficient (Wildman–Crippen LogP) is 1.33. The lowest BCUT2D eigenvalue weighted by Gasteiger charge is -2.24. The Kier molecular flexibility index (Phi) is 3.03. The Balaban J connectivity index is 1.68. The Morgan fingerprint density at radius 2 is 2.37 bits per heavy atom. The SMILES string of the molecule is Cc1cn2c(n1)CC[C@@H](NC(=O)c1ccccn1)C2. The molecule has 0 radical (unpaired) electrons. The Labute approximate surface area is 111 Å². The lowest BCUT2D eigenvalue weighted by Crippen LogP contribution is -2.41. The molecule has 2 aromatic rings. The minimum Gasteiger partial charge on any atom is -0.346 e. The first-order chi connectivity index (χ1) is 9.22. The molecule has 0 saturated heterocycles. The molecule has 0 unspecified atom stereocenters. The lowest BCUT2D eigenvalue weighted by molar-refractivity contribution is 0.0922. The summed E-state index contributed by atoms with van der Waals surface area (Å²) in [6.07, 6.45) is 5.50. The van der Waals surface area contributed by atoms with E-state index >= 15 is 0 Å². The van der Waals surface area contributed by atoms with Gasteiger partial charge in [-0.1, -0.05) is 6.07 Å². The number of hydrogen-bond donors (Lipinski definition) is 1. The largest absolute Gasteiger partial charge is 0.346 e. The van der Waals surface area contributed by atoms with Crippen LogP contribution in [0, 0.1) is 6.92 Å². The Bertz CT molecular complexity index is 591.